The molecule has 7 heteroatoms. The van der Waals surface area contributed by atoms with Gasteiger partial charge in [0, 0.05) is 52.2 Å². The van der Waals surface area contributed by atoms with Gasteiger partial charge in [-0.1, -0.05) is 6.92 Å². The molecular formula is C14H24F3N3O. The quantitative estimate of drug-likeness (QED) is 0.772. The fourth-order valence-electron chi connectivity index (χ4n) is 3.49. The van der Waals surface area contributed by atoms with Crippen molar-refractivity contribution in [1.82, 2.24) is 14.7 Å². The van der Waals surface area contributed by atoms with Crippen molar-refractivity contribution in [2.24, 2.45) is 5.92 Å². The van der Waals surface area contributed by atoms with Crippen molar-refractivity contribution in [1.29, 1.82) is 0 Å². The molecule has 2 unspecified atom stereocenters. The van der Waals surface area contributed by atoms with E-state index >= 15 is 0 Å². The second-order valence-electron chi connectivity index (χ2n) is 6.25. The van der Waals surface area contributed by atoms with Gasteiger partial charge in [-0.2, -0.15) is 13.2 Å². The van der Waals surface area contributed by atoms with Gasteiger partial charge in [-0.05, 0) is 12.3 Å². The van der Waals surface area contributed by atoms with Gasteiger partial charge in [-0.15, -0.1) is 0 Å². The zero-order valence-electron chi connectivity index (χ0n) is 12.7. The number of rotatable bonds is 2. The highest BCUT2D eigenvalue weighted by molar-refractivity contribution is 5.73. The molecule has 2 heterocycles. The second-order valence-corrected chi connectivity index (χ2v) is 6.25. The number of halogens is 3. The number of carbonyl (C=O) groups is 1. The number of alkyl halides is 3. The molecule has 2 saturated heterocycles. The summed E-state index contributed by atoms with van der Waals surface area (Å²) in [6.45, 7) is 6.79. The molecule has 122 valence electrons. The minimum atomic E-state index is -4.13. The molecule has 0 saturated carbocycles. The van der Waals surface area contributed by atoms with E-state index < -0.39 is 12.7 Å². The van der Waals surface area contributed by atoms with Crippen LogP contribution in [0.15, 0.2) is 0 Å². The Hall–Kier alpha value is -0.820. The maximum atomic E-state index is 12.5. The summed E-state index contributed by atoms with van der Waals surface area (Å²) < 4.78 is 37.5. The Bertz CT molecular complexity index is 375. The van der Waals surface area contributed by atoms with E-state index in [1.54, 1.807) is 6.92 Å². The molecule has 0 aromatic rings. The maximum Gasteiger partial charge on any atom is 0.401 e. The molecular weight excluding hydrogens is 283 g/mol. The fraction of sp³-hybridized carbons (Fsp3) is 0.929. The van der Waals surface area contributed by atoms with E-state index in [1.807, 2.05) is 11.8 Å². The predicted octanol–water partition coefficient (Wildman–Crippen LogP) is 1.42. The van der Waals surface area contributed by atoms with Crippen molar-refractivity contribution in [2.45, 2.75) is 32.5 Å². The third-order valence-electron chi connectivity index (χ3n) is 4.50. The Balaban J connectivity index is 1.91. The van der Waals surface area contributed by atoms with Gasteiger partial charge in [0.2, 0.25) is 5.91 Å². The summed E-state index contributed by atoms with van der Waals surface area (Å²) in [5, 5.41) is 0. The fourth-order valence-corrected chi connectivity index (χ4v) is 3.49. The van der Waals surface area contributed by atoms with Crippen LogP contribution in [0, 0.1) is 5.92 Å². The maximum absolute atomic E-state index is 12.5. The van der Waals surface area contributed by atoms with E-state index in [9.17, 15) is 18.0 Å². The van der Waals surface area contributed by atoms with Gasteiger partial charge in [0.05, 0.1) is 6.54 Å². The largest absolute Gasteiger partial charge is 0.401 e. The third-order valence-corrected chi connectivity index (χ3v) is 4.50. The molecule has 2 aliphatic rings. The molecule has 0 spiro atoms. The van der Waals surface area contributed by atoms with Crippen molar-refractivity contribution in [3.05, 3.63) is 0 Å². The van der Waals surface area contributed by atoms with Crippen LogP contribution in [0.4, 0.5) is 13.2 Å². The van der Waals surface area contributed by atoms with Gasteiger partial charge >= 0.3 is 6.18 Å². The number of hydrogen-bond acceptors (Lipinski definition) is 3. The molecule has 21 heavy (non-hydrogen) atoms. The van der Waals surface area contributed by atoms with Gasteiger partial charge < -0.3 is 4.90 Å². The van der Waals surface area contributed by atoms with Crippen LogP contribution in [0.5, 0.6) is 0 Å². The number of nitrogens with zero attached hydrogens (tertiary/aromatic N) is 3. The lowest BCUT2D eigenvalue weighted by atomic mass is 10.0. The van der Waals surface area contributed by atoms with E-state index in [0.717, 1.165) is 26.1 Å². The molecule has 2 aliphatic heterocycles. The van der Waals surface area contributed by atoms with E-state index in [2.05, 4.69) is 4.90 Å². The Labute approximate surface area is 123 Å². The topological polar surface area (TPSA) is 26.8 Å². The molecule has 2 atom stereocenters. The van der Waals surface area contributed by atoms with Gasteiger partial charge in [-0.3, -0.25) is 14.6 Å². The lowest BCUT2D eigenvalue weighted by molar-refractivity contribution is -0.144. The van der Waals surface area contributed by atoms with Gasteiger partial charge in [0.1, 0.15) is 0 Å². The molecule has 0 N–H and O–H groups in total. The summed E-state index contributed by atoms with van der Waals surface area (Å²) in [6.07, 6.45) is -3.24. The Morgan fingerprint density at radius 2 is 1.86 bits per heavy atom. The monoisotopic (exact) mass is 307 g/mol. The SMILES string of the molecule is CC(=O)N1CCCN(C2CN(CC(F)(F)F)CC2C)CC1. The molecule has 4 nitrogen and oxygen atoms in total. The number of amides is 1. The van der Waals surface area contributed by atoms with Crippen LogP contribution >= 0.6 is 0 Å². The van der Waals surface area contributed by atoms with Crippen molar-refractivity contribution >= 4 is 5.91 Å². The summed E-state index contributed by atoms with van der Waals surface area (Å²) in [6, 6.07) is 0.166. The first-order valence-electron chi connectivity index (χ1n) is 7.55. The molecule has 0 aromatic heterocycles. The molecule has 0 aliphatic carbocycles. The standard InChI is InChI=1S/C14H24F3N3O/c1-11-8-18(10-14(15,16)17)9-13(11)20-5-3-4-19(6-7-20)12(2)21/h11,13H,3-10H2,1-2H3. The van der Waals surface area contributed by atoms with Crippen molar-refractivity contribution < 1.29 is 18.0 Å². The van der Waals surface area contributed by atoms with Crippen LogP contribution in [-0.2, 0) is 4.79 Å². The molecule has 2 fully saturated rings. The Kier molecular flexibility index (Phi) is 5.14. The van der Waals surface area contributed by atoms with Gasteiger partial charge in [0.15, 0.2) is 0 Å². The number of carbonyl (C=O) groups excluding carboxylic acids is 1. The summed E-state index contributed by atoms with van der Waals surface area (Å²) in [4.78, 5) is 17.0. The molecule has 1 amide bonds. The van der Waals surface area contributed by atoms with Crippen molar-refractivity contribution in [3.63, 3.8) is 0 Å². The zero-order chi connectivity index (χ0) is 15.6. The van der Waals surface area contributed by atoms with Crippen molar-refractivity contribution in [2.75, 3.05) is 45.8 Å². The zero-order valence-corrected chi connectivity index (χ0v) is 12.7. The van der Waals surface area contributed by atoms with Crippen LogP contribution < -0.4 is 0 Å². The smallest absolute Gasteiger partial charge is 0.342 e. The van der Waals surface area contributed by atoms with E-state index in [-0.39, 0.29) is 17.9 Å². The van der Waals surface area contributed by atoms with Crippen LogP contribution in [0.3, 0.4) is 0 Å². The first-order chi connectivity index (χ1) is 9.76. The van der Waals surface area contributed by atoms with Crippen LogP contribution in [0.25, 0.3) is 0 Å². The molecule has 0 bridgehead atoms. The summed E-state index contributed by atoms with van der Waals surface area (Å²) in [5.74, 6) is 0.311. The third kappa shape index (κ3) is 4.57. The minimum absolute atomic E-state index is 0.0787. The number of likely N-dealkylation sites (tertiary alicyclic amines) is 1. The Morgan fingerprint density at radius 3 is 2.48 bits per heavy atom. The average molecular weight is 307 g/mol. The molecule has 0 radical (unpaired) electrons. The summed E-state index contributed by atoms with van der Waals surface area (Å²) in [5.41, 5.74) is 0. The first kappa shape index (κ1) is 16.5. The van der Waals surface area contributed by atoms with Gasteiger partial charge in [0.25, 0.3) is 0 Å². The highest BCUT2D eigenvalue weighted by Gasteiger charge is 2.39. The molecule has 0 aromatic carbocycles. The highest BCUT2D eigenvalue weighted by Crippen LogP contribution is 2.26. The summed E-state index contributed by atoms with van der Waals surface area (Å²) in [7, 11) is 0. The highest BCUT2D eigenvalue weighted by atomic mass is 19.4. The lowest BCUT2D eigenvalue weighted by Crippen LogP contribution is -2.43. The predicted molar refractivity (Wildman–Crippen MR) is 73.9 cm³/mol. The second kappa shape index (κ2) is 6.52. The lowest BCUT2D eigenvalue weighted by Gasteiger charge is -2.30. The van der Waals surface area contributed by atoms with Crippen LogP contribution in [-0.4, -0.2) is 78.6 Å². The van der Waals surface area contributed by atoms with E-state index in [1.165, 1.54) is 4.90 Å². The van der Waals surface area contributed by atoms with E-state index in [0.29, 0.717) is 19.6 Å². The van der Waals surface area contributed by atoms with E-state index in [4.69, 9.17) is 0 Å². The van der Waals surface area contributed by atoms with Gasteiger partial charge in [-0.25, -0.2) is 0 Å². The van der Waals surface area contributed by atoms with Crippen LogP contribution in [0.2, 0.25) is 0 Å². The summed E-state index contributed by atoms with van der Waals surface area (Å²) >= 11 is 0. The Morgan fingerprint density at radius 1 is 1.14 bits per heavy atom. The normalized spacial score (nSPS) is 29.7. The molecule has 2 rings (SSSR count). The van der Waals surface area contributed by atoms with Crippen LogP contribution in [0.1, 0.15) is 20.3 Å². The average Bonchev–Trinajstić information content (AvgIpc) is 2.59. The van der Waals surface area contributed by atoms with Crippen molar-refractivity contribution in [3.8, 4) is 0 Å². The first-order valence-corrected chi connectivity index (χ1v) is 7.55. The number of hydrogen-bond donors (Lipinski definition) is 0. The minimum Gasteiger partial charge on any atom is -0.342 e.